The van der Waals surface area contributed by atoms with Gasteiger partial charge in [-0.3, -0.25) is 0 Å². The van der Waals surface area contributed by atoms with E-state index in [-0.39, 0.29) is 0 Å². The largest absolute Gasteiger partial charge is 0.337 e. The number of aromatic amines is 1. The van der Waals surface area contributed by atoms with Gasteiger partial charge >= 0.3 is 0 Å². The highest BCUT2D eigenvalue weighted by atomic mass is 32.2. The third kappa shape index (κ3) is 3.24. The third-order valence-electron chi connectivity index (χ3n) is 1.78. The van der Waals surface area contributed by atoms with Crippen LogP contribution in [0.2, 0.25) is 0 Å². The Hall–Kier alpha value is -0.660. The first kappa shape index (κ1) is 11.4. The van der Waals surface area contributed by atoms with E-state index in [1.807, 2.05) is 11.5 Å². The van der Waals surface area contributed by atoms with Gasteiger partial charge in [0, 0.05) is 25.0 Å². The Morgan fingerprint density at radius 3 is 2.71 bits per heavy atom. The molecule has 1 rings (SSSR count). The number of imidazole rings is 1. The average molecular weight is 235 g/mol. The van der Waals surface area contributed by atoms with Gasteiger partial charge in [0.1, 0.15) is 0 Å². The highest BCUT2D eigenvalue weighted by Gasteiger charge is 2.02. The predicted molar refractivity (Wildman–Crippen MR) is 57.2 cm³/mol. The maximum Gasteiger partial charge on any atom is 0.208 e. The summed E-state index contributed by atoms with van der Waals surface area (Å²) in [6, 6.07) is 0. The molecule has 0 bridgehead atoms. The van der Waals surface area contributed by atoms with E-state index in [1.54, 1.807) is 6.20 Å². The molecule has 2 N–H and O–H groups in total. The fraction of sp³-hybridized carbons (Fsp3) is 0.571. The van der Waals surface area contributed by atoms with Crippen LogP contribution in [0.25, 0.3) is 0 Å². The maximum absolute atomic E-state index is 10.8. The van der Waals surface area contributed by atoms with Crippen molar-refractivity contribution < 1.29 is 8.42 Å². The second-order valence-corrected chi connectivity index (χ2v) is 5.27. The number of aryl methyl sites for hydroxylation is 1. The predicted octanol–water partition coefficient (Wildman–Crippen LogP) is 0.403. The molecule has 0 spiro atoms. The van der Waals surface area contributed by atoms with Crippen molar-refractivity contribution in [3.63, 3.8) is 0 Å². The van der Waals surface area contributed by atoms with Crippen LogP contribution >= 0.6 is 12.2 Å². The van der Waals surface area contributed by atoms with Crippen LogP contribution in [-0.4, -0.2) is 30.8 Å². The Kier molecular flexibility index (Phi) is 3.46. The molecule has 80 valence electrons. The summed E-state index contributed by atoms with van der Waals surface area (Å²) < 4.78 is 26.4. The number of sulfonamides is 1. The molecule has 0 aliphatic heterocycles. The summed E-state index contributed by atoms with van der Waals surface area (Å²) >= 11 is 5.01. The molecule has 7 heteroatoms. The molecular weight excluding hydrogens is 222 g/mol. The van der Waals surface area contributed by atoms with E-state index in [0.29, 0.717) is 17.9 Å². The highest BCUT2D eigenvalue weighted by molar-refractivity contribution is 7.88. The summed E-state index contributed by atoms with van der Waals surface area (Å²) in [4.78, 5) is 2.89. The summed E-state index contributed by atoms with van der Waals surface area (Å²) in [5.41, 5.74) is 0.991. The molecule has 0 unspecified atom stereocenters. The minimum absolute atomic E-state index is 0.353. The fourth-order valence-electron chi connectivity index (χ4n) is 1.10. The molecule has 14 heavy (non-hydrogen) atoms. The van der Waals surface area contributed by atoms with E-state index < -0.39 is 10.0 Å². The van der Waals surface area contributed by atoms with Gasteiger partial charge in [0.15, 0.2) is 4.77 Å². The SMILES string of the molecule is Cc1c[nH]c(=S)n1CCNS(C)(=O)=O. The Bertz CT molecular complexity index is 458. The average Bonchev–Trinajstić information content (AvgIpc) is 2.33. The van der Waals surface area contributed by atoms with Gasteiger partial charge in [-0.1, -0.05) is 0 Å². The first-order valence-corrected chi connectivity index (χ1v) is 6.39. The first-order chi connectivity index (χ1) is 6.40. The number of hydrogen-bond donors (Lipinski definition) is 2. The van der Waals surface area contributed by atoms with Gasteiger partial charge in [-0.25, -0.2) is 13.1 Å². The van der Waals surface area contributed by atoms with E-state index in [1.165, 1.54) is 0 Å². The number of aromatic nitrogens is 2. The monoisotopic (exact) mass is 235 g/mol. The topological polar surface area (TPSA) is 66.9 Å². The molecule has 0 radical (unpaired) electrons. The fourth-order valence-corrected chi connectivity index (χ4v) is 1.86. The molecule has 0 aliphatic rings. The minimum Gasteiger partial charge on any atom is -0.337 e. The molecule has 0 aromatic carbocycles. The first-order valence-electron chi connectivity index (χ1n) is 4.09. The van der Waals surface area contributed by atoms with Crippen molar-refractivity contribution in [2.24, 2.45) is 0 Å². The van der Waals surface area contributed by atoms with Gasteiger partial charge in [-0.15, -0.1) is 0 Å². The number of hydrogen-bond acceptors (Lipinski definition) is 3. The Morgan fingerprint density at radius 2 is 2.29 bits per heavy atom. The Balaban J connectivity index is 2.59. The highest BCUT2D eigenvalue weighted by Crippen LogP contribution is 1.98. The number of rotatable bonds is 4. The third-order valence-corrected chi connectivity index (χ3v) is 2.84. The van der Waals surface area contributed by atoms with E-state index in [4.69, 9.17) is 12.2 Å². The van der Waals surface area contributed by atoms with E-state index >= 15 is 0 Å². The maximum atomic E-state index is 10.8. The lowest BCUT2D eigenvalue weighted by Gasteiger charge is -2.05. The molecule has 0 fully saturated rings. The molecule has 0 saturated carbocycles. The molecule has 1 heterocycles. The molecule has 0 atom stereocenters. The summed E-state index contributed by atoms with van der Waals surface area (Å²) in [7, 11) is -3.11. The normalized spacial score (nSPS) is 11.9. The van der Waals surface area contributed by atoms with Gasteiger partial charge in [0.05, 0.1) is 6.26 Å². The van der Waals surface area contributed by atoms with Crippen LogP contribution in [0.5, 0.6) is 0 Å². The zero-order valence-corrected chi connectivity index (χ0v) is 9.70. The molecule has 5 nitrogen and oxygen atoms in total. The second-order valence-electron chi connectivity index (χ2n) is 3.05. The van der Waals surface area contributed by atoms with Crippen LogP contribution in [0.4, 0.5) is 0 Å². The molecular formula is C7H13N3O2S2. The van der Waals surface area contributed by atoms with Crippen LogP contribution in [0.3, 0.4) is 0 Å². The van der Waals surface area contributed by atoms with Gasteiger partial charge < -0.3 is 9.55 Å². The zero-order chi connectivity index (χ0) is 10.8. The van der Waals surface area contributed by atoms with Gasteiger partial charge in [0.25, 0.3) is 0 Å². The number of nitrogens with zero attached hydrogens (tertiary/aromatic N) is 1. The lowest BCUT2D eigenvalue weighted by molar-refractivity contribution is 0.576. The lowest BCUT2D eigenvalue weighted by atomic mass is 10.5. The van der Waals surface area contributed by atoms with Crippen molar-refractivity contribution in [3.05, 3.63) is 16.7 Å². The summed E-state index contributed by atoms with van der Waals surface area (Å²) in [6.45, 7) is 2.81. The number of nitrogens with one attached hydrogen (secondary N) is 2. The zero-order valence-electron chi connectivity index (χ0n) is 8.07. The van der Waals surface area contributed by atoms with E-state index in [9.17, 15) is 8.42 Å². The van der Waals surface area contributed by atoms with Crippen molar-refractivity contribution in [3.8, 4) is 0 Å². The van der Waals surface area contributed by atoms with Gasteiger partial charge in [-0.2, -0.15) is 0 Å². The van der Waals surface area contributed by atoms with Crippen molar-refractivity contribution in [2.45, 2.75) is 13.5 Å². The standard InChI is InChI=1S/C7H13N3O2S2/c1-6-5-8-7(13)10(6)4-3-9-14(2,11)12/h5,9H,3-4H2,1-2H3,(H,8,13). The molecule has 1 aromatic heterocycles. The van der Waals surface area contributed by atoms with Crippen LogP contribution < -0.4 is 4.72 Å². The van der Waals surface area contributed by atoms with Crippen molar-refractivity contribution in [1.82, 2.24) is 14.3 Å². The van der Waals surface area contributed by atoms with Crippen LogP contribution in [0, 0.1) is 11.7 Å². The van der Waals surface area contributed by atoms with Gasteiger partial charge in [-0.05, 0) is 19.1 Å². The second kappa shape index (κ2) is 4.24. The van der Waals surface area contributed by atoms with E-state index in [0.717, 1.165) is 11.9 Å². The molecule has 0 saturated heterocycles. The summed E-state index contributed by atoms with van der Waals surface area (Å²) in [5.74, 6) is 0. The summed E-state index contributed by atoms with van der Waals surface area (Å²) in [5, 5.41) is 0. The van der Waals surface area contributed by atoms with Crippen LogP contribution in [0.15, 0.2) is 6.20 Å². The van der Waals surface area contributed by atoms with Crippen LogP contribution in [-0.2, 0) is 16.6 Å². The van der Waals surface area contributed by atoms with E-state index in [2.05, 4.69) is 9.71 Å². The molecule has 0 aliphatic carbocycles. The van der Waals surface area contributed by atoms with Crippen molar-refractivity contribution >= 4 is 22.2 Å². The molecule has 0 amide bonds. The van der Waals surface area contributed by atoms with Crippen molar-refractivity contribution in [1.29, 1.82) is 0 Å². The van der Waals surface area contributed by atoms with Crippen molar-refractivity contribution in [2.75, 3.05) is 12.8 Å². The lowest BCUT2D eigenvalue weighted by Crippen LogP contribution is -2.26. The molecule has 1 aromatic rings. The quantitative estimate of drug-likeness (QED) is 0.743. The minimum atomic E-state index is -3.11. The Labute approximate surface area is 88.2 Å². The van der Waals surface area contributed by atoms with Gasteiger partial charge in [0.2, 0.25) is 10.0 Å². The smallest absolute Gasteiger partial charge is 0.208 e. The van der Waals surface area contributed by atoms with Crippen LogP contribution in [0.1, 0.15) is 5.69 Å². The Morgan fingerprint density at radius 1 is 1.64 bits per heavy atom. The summed E-state index contributed by atoms with van der Waals surface area (Å²) in [6.07, 6.45) is 2.93. The number of H-pyrrole nitrogens is 1.